The van der Waals surface area contributed by atoms with Gasteiger partial charge in [0.2, 0.25) is 5.91 Å². The van der Waals surface area contributed by atoms with E-state index in [-0.39, 0.29) is 24.4 Å². The van der Waals surface area contributed by atoms with Crippen molar-refractivity contribution in [2.75, 3.05) is 23.4 Å². The molecule has 1 saturated heterocycles. The second-order valence-corrected chi connectivity index (χ2v) is 6.02. The van der Waals surface area contributed by atoms with Gasteiger partial charge in [-0.25, -0.2) is 0 Å². The Kier molecular flexibility index (Phi) is 7.00. The number of anilines is 1. The van der Waals surface area contributed by atoms with Crippen LogP contribution in [0.5, 0.6) is 0 Å². The molecule has 0 saturated carbocycles. The number of hydrogen-bond acceptors (Lipinski definition) is 3. The van der Waals surface area contributed by atoms with Gasteiger partial charge in [0, 0.05) is 41.2 Å². The molecule has 0 aromatic heterocycles. The Labute approximate surface area is 129 Å². The number of aryl methyl sites for hydroxylation is 1. The molecule has 0 bridgehead atoms. The fourth-order valence-corrected chi connectivity index (χ4v) is 3.03. The predicted molar refractivity (Wildman–Crippen MR) is 85.8 cm³/mol. The molecule has 1 aliphatic rings. The molecule has 1 aromatic carbocycles. The molecule has 1 amide bonds. The van der Waals surface area contributed by atoms with Crippen LogP contribution in [0.4, 0.5) is 5.69 Å². The van der Waals surface area contributed by atoms with E-state index in [4.69, 9.17) is 11.6 Å². The van der Waals surface area contributed by atoms with E-state index in [2.05, 4.69) is 10.6 Å². The average Bonchev–Trinajstić information content (AvgIpc) is 2.35. The molecular weight excluding hydrogens is 303 g/mol. The van der Waals surface area contributed by atoms with Gasteiger partial charge in [-0.2, -0.15) is 11.8 Å². The Bertz CT molecular complexity index is 437. The van der Waals surface area contributed by atoms with Gasteiger partial charge in [-0.05, 0) is 24.6 Å². The Morgan fingerprint density at radius 3 is 3.05 bits per heavy atom. The zero-order chi connectivity index (χ0) is 13.0. The van der Waals surface area contributed by atoms with Crippen molar-refractivity contribution in [2.45, 2.75) is 19.4 Å². The summed E-state index contributed by atoms with van der Waals surface area (Å²) in [6, 6.07) is 5.80. The highest BCUT2D eigenvalue weighted by molar-refractivity contribution is 7.99. The van der Waals surface area contributed by atoms with Gasteiger partial charge in [0.15, 0.2) is 0 Å². The third kappa shape index (κ3) is 5.22. The number of amides is 1. The lowest BCUT2D eigenvalue weighted by Crippen LogP contribution is -2.39. The molecule has 0 spiro atoms. The summed E-state index contributed by atoms with van der Waals surface area (Å²) in [6.07, 6.45) is 0.513. The summed E-state index contributed by atoms with van der Waals surface area (Å²) >= 11 is 7.82. The van der Waals surface area contributed by atoms with E-state index in [9.17, 15) is 4.79 Å². The first-order valence-electron chi connectivity index (χ1n) is 6.02. The lowest BCUT2D eigenvalue weighted by atomic mass is 10.1. The van der Waals surface area contributed by atoms with Crippen molar-refractivity contribution >= 4 is 47.4 Å². The fraction of sp³-hybridized carbons (Fsp3) is 0.462. The minimum absolute atomic E-state index is 0. The van der Waals surface area contributed by atoms with Crippen LogP contribution in [0, 0.1) is 6.92 Å². The van der Waals surface area contributed by atoms with Crippen molar-refractivity contribution in [1.82, 2.24) is 5.32 Å². The Hall–Kier alpha value is -0.420. The van der Waals surface area contributed by atoms with Crippen molar-refractivity contribution < 1.29 is 4.79 Å². The van der Waals surface area contributed by atoms with E-state index in [0.717, 1.165) is 29.3 Å². The van der Waals surface area contributed by atoms with E-state index in [1.54, 1.807) is 6.07 Å². The number of thioether (sulfide) groups is 1. The monoisotopic (exact) mass is 320 g/mol. The van der Waals surface area contributed by atoms with Crippen molar-refractivity contribution in [3.05, 3.63) is 28.8 Å². The standard InChI is InChI=1S/C13H17ClN2OS.ClH/c1-9-2-3-10(14)6-12(9)16-13(17)7-11-8-18-5-4-15-11;/h2-3,6,11,15H,4-5,7-8H2,1H3,(H,16,17);1H. The van der Waals surface area contributed by atoms with Gasteiger partial charge in [-0.3, -0.25) is 4.79 Å². The first-order valence-corrected chi connectivity index (χ1v) is 7.55. The molecule has 6 heteroatoms. The Morgan fingerprint density at radius 2 is 2.37 bits per heavy atom. The van der Waals surface area contributed by atoms with E-state index >= 15 is 0 Å². The minimum atomic E-state index is 0. The summed E-state index contributed by atoms with van der Waals surface area (Å²) < 4.78 is 0. The molecule has 1 unspecified atom stereocenters. The van der Waals surface area contributed by atoms with Gasteiger partial charge in [0.25, 0.3) is 0 Å². The summed E-state index contributed by atoms with van der Waals surface area (Å²) in [5, 5.41) is 6.92. The third-order valence-electron chi connectivity index (χ3n) is 2.90. The molecule has 1 aliphatic heterocycles. The van der Waals surface area contributed by atoms with Crippen LogP contribution in [0.15, 0.2) is 18.2 Å². The molecule has 2 N–H and O–H groups in total. The van der Waals surface area contributed by atoms with E-state index in [1.165, 1.54) is 0 Å². The van der Waals surface area contributed by atoms with Gasteiger partial charge >= 0.3 is 0 Å². The number of hydrogen-bond donors (Lipinski definition) is 2. The summed E-state index contributed by atoms with van der Waals surface area (Å²) in [7, 11) is 0. The quantitative estimate of drug-likeness (QED) is 0.899. The summed E-state index contributed by atoms with van der Waals surface area (Å²) in [6.45, 7) is 2.94. The SMILES string of the molecule is Cc1ccc(Cl)cc1NC(=O)CC1CSCCN1.Cl. The third-order valence-corrected chi connectivity index (χ3v) is 4.27. The van der Waals surface area contributed by atoms with Crippen LogP contribution >= 0.6 is 35.8 Å². The normalized spacial score (nSPS) is 18.5. The zero-order valence-corrected chi connectivity index (χ0v) is 13.1. The maximum atomic E-state index is 11.9. The van der Waals surface area contributed by atoms with Crippen LogP contribution in [0.3, 0.4) is 0 Å². The number of rotatable bonds is 3. The van der Waals surface area contributed by atoms with Gasteiger partial charge in [0.1, 0.15) is 0 Å². The lowest BCUT2D eigenvalue weighted by Gasteiger charge is -2.22. The highest BCUT2D eigenvalue weighted by Crippen LogP contribution is 2.20. The highest BCUT2D eigenvalue weighted by atomic mass is 35.5. The molecular formula is C13H18Cl2N2OS. The van der Waals surface area contributed by atoms with E-state index in [0.29, 0.717) is 11.4 Å². The minimum Gasteiger partial charge on any atom is -0.326 e. The van der Waals surface area contributed by atoms with Crippen LogP contribution in [0.25, 0.3) is 0 Å². The Balaban J connectivity index is 0.00000180. The topological polar surface area (TPSA) is 41.1 Å². The molecule has 106 valence electrons. The van der Waals surface area contributed by atoms with E-state index in [1.807, 2.05) is 30.8 Å². The van der Waals surface area contributed by atoms with Gasteiger partial charge in [0.05, 0.1) is 0 Å². The smallest absolute Gasteiger partial charge is 0.225 e. The highest BCUT2D eigenvalue weighted by Gasteiger charge is 2.17. The number of halogens is 2. The first kappa shape index (κ1) is 16.6. The second-order valence-electron chi connectivity index (χ2n) is 4.44. The fourth-order valence-electron chi connectivity index (χ4n) is 1.90. The zero-order valence-electron chi connectivity index (χ0n) is 10.7. The second kappa shape index (κ2) is 8.00. The number of benzene rings is 1. The molecule has 3 nitrogen and oxygen atoms in total. The summed E-state index contributed by atoms with van der Waals surface area (Å²) in [4.78, 5) is 11.9. The summed E-state index contributed by atoms with van der Waals surface area (Å²) in [5.74, 6) is 2.17. The van der Waals surface area contributed by atoms with Crippen LogP contribution in [-0.2, 0) is 4.79 Å². The lowest BCUT2D eigenvalue weighted by molar-refractivity contribution is -0.116. The predicted octanol–water partition coefficient (Wildman–Crippen LogP) is 3.10. The van der Waals surface area contributed by atoms with Crippen molar-refractivity contribution in [1.29, 1.82) is 0 Å². The Morgan fingerprint density at radius 1 is 1.58 bits per heavy atom. The van der Waals surface area contributed by atoms with Crippen LogP contribution in [0.2, 0.25) is 5.02 Å². The molecule has 0 radical (unpaired) electrons. The maximum Gasteiger partial charge on any atom is 0.225 e. The van der Waals surface area contributed by atoms with E-state index < -0.39 is 0 Å². The van der Waals surface area contributed by atoms with Crippen molar-refractivity contribution in [3.63, 3.8) is 0 Å². The molecule has 19 heavy (non-hydrogen) atoms. The molecule has 1 heterocycles. The van der Waals surface area contributed by atoms with Gasteiger partial charge in [-0.15, -0.1) is 12.4 Å². The largest absolute Gasteiger partial charge is 0.326 e. The molecule has 0 aliphatic carbocycles. The van der Waals surface area contributed by atoms with Gasteiger partial charge < -0.3 is 10.6 Å². The molecule has 2 rings (SSSR count). The molecule has 1 fully saturated rings. The van der Waals surface area contributed by atoms with Crippen molar-refractivity contribution in [2.24, 2.45) is 0 Å². The van der Waals surface area contributed by atoms with Crippen LogP contribution in [-0.4, -0.2) is 30.0 Å². The number of nitrogens with one attached hydrogen (secondary N) is 2. The van der Waals surface area contributed by atoms with Gasteiger partial charge in [-0.1, -0.05) is 17.7 Å². The van der Waals surface area contributed by atoms with Crippen LogP contribution < -0.4 is 10.6 Å². The number of carbonyl (C=O) groups excluding carboxylic acids is 1. The maximum absolute atomic E-state index is 11.9. The van der Waals surface area contributed by atoms with Crippen LogP contribution in [0.1, 0.15) is 12.0 Å². The first-order chi connectivity index (χ1) is 8.65. The number of carbonyl (C=O) groups is 1. The van der Waals surface area contributed by atoms with Crippen molar-refractivity contribution in [3.8, 4) is 0 Å². The summed E-state index contributed by atoms with van der Waals surface area (Å²) in [5.41, 5.74) is 1.83. The molecule has 1 aromatic rings. The molecule has 1 atom stereocenters. The average molecular weight is 321 g/mol.